The summed E-state index contributed by atoms with van der Waals surface area (Å²) >= 11 is 3.26. The Bertz CT molecular complexity index is 356. The first-order chi connectivity index (χ1) is 8.40. The smallest absolute Gasteiger partial charge is 0.370 e. The molecule has 1 rings (SSSR count). The molecule has 1 heterocycles. The monoisotopic (exact) mass is 326 g/mol. The minimum Gasteiger partial charge on any atom is -0.370 e. The van der Waals surface area contributed by atoms with Crippen molar-refractivity contribution in [2.45, 2.75) is 18.6 Å². The van der Waals surface area contributed by atoms with Crippen molar-refractivity contribution in [1.29, 1.82) is 0 Å². The van der Waals surface area contributed by atoms with Crippen molar-refractivity contribution >= 4 is 15.9 Å². The van der Waals surface area contributed by atoms with Crippen LogP contribution in [0.4, 0.5) is 13.2 Å². The van der Waals surface area contributed by atoms with E-state index in [1.807, 2.05) is 12.1 Å². The molecule has 1 aromatic heterocycles. The molecule has 0 saturated carbocycles. The number of nitrogens with zero attached hydrogens (tertiary/aromatic N) is 1. The van der Waals surface area contributed by atoms with E-state index in [0.717, 1.165) is 10.2 Å². The van der Waals surface area contributed by atoms with Crippen LogP contribution >= 0.6 is 15.9 Å². The summed E-state index contributed by atoms with van der Waals surface area (Å²) in [7, 11) is 1.68. The average molecular weight is 327 g/mol. The molecule has 0 fully saturated rings. The lowest BCUT2D eigenvalue weighted by atomic mass is 10.1. The maximum Gasteiger partial charge on any atom is 0.411 e. The van der Waals surface area contributed by atoms with Crippen molar-refractivity contribution in [2.75, 3.05) is 20.3 Å². The zero-order valence-electron chi connectivity index (χ0n) is 9.80. The van der Waals surface area contributed by atoms with Crippen molar-refractivity contribution < 1.29 is 17.9 Å². The van der Waals surface area contributed by atoms with Crippen molar-refractivity contribution in [3.63, 3.8) is 0 Å². The molecule has 1 N–H and O–H groups in total. The number of nitrogens with one attached hydrogen (secondary N) is 1. The van der Waals surface area contributed by atoms with E-state index in [2.05, 4.69) is 31.0 Å². The molecule has 0 spiro atoms. The molecule has 7 heteroatoms. The van der Waals surface area contributed by atoms with Crippen molar-refractivity contribution in [3.8, 4) is 0 Å². The Morgan fingerprint density at radius 3 is 2.67 bits per heavy atom. The van der Waals surface area contributed by atoms with E-state index < -0.39 is 12.8 Å². The standard InChI is InChI=1S/C11H14BrF3N2O/c1-16-10(6-18-7-11(13,14)15)4-9-3-2-8(12)5-17-9/h2-3,5,10,16H,4,6-7H2,1H3. The van der Waals surface area contributed by atoms with Gasteiger partial charge in [-0.15, -0.1) is 0 Å². The summed E-state index contributed by atoms with van der Waals surface area (Å²) in [5, 5.41) is 2.91. The Morgan fingerprint density at radius 1 is 1.44 bits per heavy atom. The molecule has 0 aliphatic rings. The maximum atomic E-state index is 11.9. The highest BCUT2D eigenvalue weighted by atomic mass is 79.9. The zero-order chi connectivity index (χ0) is 13.6. The van der Waals surface area contributed by atoms with Crippen LogP contribution in [-0.4, -0.2) is 37.5 Å². The minimum absolute atomic E-state index is 0.00620. The van der Waals surface area contributed by atoms with Gasteiger partial charge in [-0.3, -0.25) is 4.98 Å². The number of hydrogen-bond donors (Lipinski definition) is 1. The van der Waals surface area contributed by atoms with E-state index in [1.165, 1.54) is 0 Å². The molecule has 0 bridgehead atoms. The van der Waals surface area contributed by atoms with Gasteiger partial charge in [-0.25, -0.2) is 0 Å². The second-order valence-electron chi connectivity index (χ2n) is 3.79. The average Bonchev–Trinajstić information content (AvgIpc) is 2.29. The third-order valence-electron chi connectivity index (χ3n) is 2.24. The fourth-order valence-corrected chi connectivity index (χ4v) is 1.58. The van der Waals surface area contributed by atoms with Crippen LogP contribution in [-0.2, 0) is 11.2 Å². The van der Waals surface area contributed by atoms with Crippen LogP contribution in [0.2, 0.25) is 0 Å². The van der Waals surface area contributed by atoms with Crippen molar-refractivity contribution in [3.05, 3.63) is 28.5 Å². The topological polar surface area (TPSA) is 34.1 Å². The van der Waals surface area contributed by atoms with E-state index in [9.17, 15) is 13.2 Å². The Balaban J connectivity index is 2.40. The molecule has 1 aromatic rings. The molecule has 1 atom stereocenters. The van der Waals surface area contributed by atoms with E-state index in [4.69, 9.17) is 0 Å². The molecular formula is C11H14BrF3N2O. The zero-order valence-corrected chi connectivity index (χ0v) is 11.4. The first-order valence-electron chi connectivity index (χ1n) is 5.33. The Labute approximate surface area is 112 Å². The number of hydrogen-bond acceptors (Lipinski definition) is 3. The summed E-state index contributed by atoms with van der Waals surface area (Å²) in [4.78, 5) is 4.16. The van der Waals surface area contributed by atoms with Crippen LogP contribution in [0.15, 0.2) is 22.8 Å². The van der Waals surface area contributed by atoms with E-state index in [-0.39, 0.29) is 12.6 Å². The van der Waals surface area contributed by atoms with E-state index in [0.29, 0.717) is 6.42 Å². The van der Waals surface area contributed by atoms with Gasteiger partial charge >= 0.3 is 6.18 Å². The highest BCUT2D eigenvalue weighted by Crippen LogP contribution is 2.15. The van der Waals surface area contributed by atoms with E-state index >= 15 is 0 Å². The lowest BCUT2D eigenvalue weighted by Gasteiger charge is -2.16. The Kier molecular flexibility index (Phi) is 6.04. The van der Waals surface area contributed by atoms with Gasteiger partial charge in [0.05, 0.1) is 6.61 Å². The van der Waals surface area contributed by atoms with E-state index in [1.54, 1.807) is 13.2 Å². The number of aromatic nitrogens is 1. The van der Waals surface area contributed by atoms with Crippen molar-refractivity contribution in [1.82, 2.24) is 10.3 Å². The quantitative estimate of drug-likeness (QED) is 0.872. The summed E-state index contributed by atoms with van der Waals surface area (Å²) in [6.07, 6.45) is -2.12. The van der Waals surface area contributed by atoms with Crippen LogP contribution in [0.25, 0.3) is 0 Å². The molecule has 0 aliphatic carbocycles. The highest BCUT2D eigenvalue weighted by molar-refractivity contribution is 9.10. The normalized spacial score (nSPS) is 13.6. The van der Waals surface area contributed by atoms with Crippen LogP contribution < -0.4 is 5.32 Å². The number of halogens is 4. The predicted octanol–water partition coefficient (Wildman–Crippen LogP) is 2.55. The Morgan fingerprint density at radius 2 is 2.17 bits per heavy atom. The minimum atomic E-state index is -4.28. The van der Waals surface area contributed by atoms with Gasteiger partial charge in [0.1, 0.15) is 6.61 Å². The SMILES string of the molecule is CNC(COCC(F)(F)F)Cc1ccc(Br)cn1. The molecule has 0 amide bonds. The summed E-state index contributed by atoms with van der Waals surface area (Å²) in [5.74, 6) is 0. The first-order valence-corrected chi connectivity index (χ1v) is 6.12. The van der Waals surface area contributed by atoms with Crippen LogP contribution in [0, 0.1) is 0 Å². The summed E-state index contributed by atoms with van der Waals surface area (Å²) in [5.41, 5.74) is 0.799. The number of alkyl halides is 3. The van der Waals surface area contributed by atoms with Crippen molar-refractivity contribution in [2.24, 2.45) is 0 Å². The fraction of sp³-hybridized carbons (Fsp3) is 0.545. The highest BCUT2D eigenvalue weighted by Gasteiger charge is 2.27. The third-order valence-corrected chi connectivity index (χ3v) is 2.71. The molecular weight excluding hydrogens is 313 g/mol. The van der Waals surface area contributed by atoms with Gasteiger partial charge < -0.3 is 10.1 Å². The van der Waals surface area contributed by atoms with Gasteiger partial charge in [-0.2, -0.15) is 13.2 Å². The largest absolute Gasteiger partial charge is 0.411 e. The molecule has 0 saturated heterocycles. The van der Waals surface area contributed by atoms with Gasteiger partial charge in [0.15, 0.2) is 0 Å². The molecule has 1 unspecified atom stereocenters. The van der Waals surface area contributed by atoms with Gasteiger partial charge in [-0.05, 0) is 35.1 Å². The number of rotatable bonds is 6. The predicted molar refractivity (Wildman–Crippen MR) is 65.4 cm³/mol. The first kappa shape index (κ1) is 15.4. The fourth-order valence-electron chi connectivity index (χ4n) is 1.34. The van der Waals surface area contributed by atoms with Gasteiger partial charge in [0.25, 0.3) is 0 Å². The molecule has 0 radical (unpaired) electrons. The summed E-state index contributed by atoms with van der Waals surface area (Å²) in [6, 6.07) is 3.46. The molecule has 3 nitrogen and oxygen atoms in total. The Hall–Kier alpha value is -0.660. The second-order valence-corrected chi connectivity index (χ2v) is 4.70. The number of pyridine rings is 1. The molecule has 0 aromatic carbocycles. The molecule has 0 aliphatic heterocycles. The summed E-state index contributed by atoms with van der Waals surface area (Å²) in [6.45, 7) is -1.23. The lowest BCUT2D eigenvalue weighted by molar-refractivity contribution is -0.175. The van der Waals surface area contributed by atoms with Crippen LogP contribution in [0.1, 0.15) is 5.69 Å². The van der Waals surface area contributed by atoms with Crippen LogP contribution in [0.3, 0.4) is 0 Å². The second kappa shape index (κ2) is 7.06. The van der Waals surface area contributed by atoms with Gasteiger partial charge in [0, 0.05) is 28.8 Å². The van der Waals surface area contributed by atoms with Crippen LogP contribution in [0.5, 0.6) is 0 Å². The molecule has 18 heavy (non-hydrogen) atoms. The maximum absolute atomic E-state index is 11.9. The number of ether oxygens (including phenoxy) is 1. The third kappa shape index (κ3) is 6.32. The lowest BCUT2D eigenvalue weighted by Crippen LogP contribution is -2.34. The molecule has 102 valence electrons. The number of likely N-dealkylation sites (N-methyl/N-ethyl adjacent to an activating group) is 1. The van der Waals surface area contributed by atoms with Gasteiger partial charge in [0.2, 0.25) is 0 Å². The van der Waals surface area contributed by atoms with Gasteiger partial charge in [-0.1, -0.05) is 0 Å². The summed E-state index contributed by atoms with van der Waals surface area (Å²) < 4.78 is 41.2.